The van der Waals surface area contributed by atoms with E-state index in [1.54, 1.807) is 7.05 Å². The zero-order valence-corrected chi connectivity index (χ0v) is 17.4. The standard InChI is InChI=1S/C21H35N5O/c1-15(2)26(16(3)4)12-8-11-23-21(22-5)24-14-17-13-20(27)25-19-10-7-6-9-18(17)19/h6-7,9-10,15-17H,8,11-14H2,1-5H3,(H,25,27)(H2,22,23,24). The van der Waals surface area contributed by atoms with Gasteiger partial charge in [-0.05, 0) is 45.7 Å². The number of carbonyl (C=O) groups excluding carboxylic acids is 1. The van der Waals surface area contributed by atoms with Crippen molar-refractivity contribution in [3.63, 3.8) is 0 Å². The highest BCUT2D eigenvalue weighted by Crippen LogP contribution is 2.31. The number of amides is 1. The molecule has 0 aromatic heterocycles. The Balaban J connectivity index is 1.80. The number of fused-ring (bicyclic) bond motifs is 1. The van der Waals surface area contributed by atoms with Gasteiger partial charge in [0.1, 0.15) is 0 Å². The van der Waals surface area contributed by atoms with Crippen LogP contribution in [0.25, 0.3) is 0 Å². The third kappa shape index (κ3) is 6.24. The molecule has 1 aromatic rings. The van der Waals surface area contributed by atoms with E-state index in [9.17, 15) is 4.79 Å². The molecule has 0 spiro atoms. The first kappa shape index (κ1) is 21.2. The van der Waals surface area contributed by atoms with Crippen LogP contribution in [0.2, 0.25) is 0 Å². The number of nitrogens with one attached hydrogen (secondary N) is 3. The van der Waals surface area contributed by atoms with Crippen LogP contribution < -0.4 is 16.0 Å². The Hall–Kier alpha value is -2.08. The Morgan fingerprint density at radius 1 is 1.22 bits per heavy atom. The number of benzene rings is 1. The molecule has 150 valence electrons. The molecular weight excluding hydrogens is 338 g/mol. The lowest BCUT2D eigenvalue weighted by Crippen LogP contribution is -2.42. The maximum atomic E-state index is 11.9. The van der Waals surface area contributed by atoms with Crippen LogP contribution in [-0.2, 0) is 4.79 Å². The van der Waals surface area contributed by atoms with Crippen molar-refractivity contribution in [3.05, 3.63) is 29.8 Å². The summed E-state index contributed by atoms with van der Waals surface area (Å²) >= 11 is 0. The van der Waals surface area contributed by atoms with Gasteiger partial charge in [-0.1, -0.05) is 18.2 Å². The smallest absolute Gasteiger partial charge is 0.225 e. The monoisotopic (exact) mass is 373 g/mol. The zero-order chi connectivity index (χ0) is 19.8. The van der Waals surface area contributed by atoms with Gasteiger partial charge in [-0.3, -0.25) is 14.7 Å². The molecule has 1 heterocycles. The lowest BCUT2D eigenvalue weighted by molar-refractivity contribution is -0.116. The fourth-order valence-corrected chi connectivity index (χ4v) is 3.71. The second kappa shape index (κ2) is 10.3. The van der Waals surface area contributed by atoms with Crippen molar-refractivity contribution in [1.82, 2.24) is 15.5 Å². The van der Waals surface area contributed by atoms with Crippen LogP contribution in [0.5, 0.6) is 0 Å². The van der Waals surface area contributed by atoms with Crippen LogP contribution in [-0.4, -0.2) is 55.5 Å². The minimum atomic E-state index is 0.0749. The summed E-state index contributed by atoms with van der Waals surface area (Å²) in [6, 6.07) is 9.13. The summed E-state index contributed by atoms with van der Waals surface area (Å²) in [5.74, 6) is 1.02. The van der Waals surface area contributed by atoms with Crippen molar-refractivity contribution in [2.45, 2.75) is 58.5 Å². The third-order valence-electron chi connectivity index (χ3n) is 5.06. The van der Waals surface area contributed by atoms with E-state index in [1.165, 1.54) is 5.56 Å². The zero-order valence-electron chi connectivity index (χ0n) is 17.4. The van der Waals surface area contributed by atoms with Gasteiger partial charge in [0.25, 0.3) is 0 Å². The van der Waals surface area contributed by atoms with E-state index in [-0.39, 0.29) is 11.8 Å². The van der Waals surface area contributed by atoms with Gasteiger partial charge >= 0.3 is 0 Å². The largest absolute Gasteiger partial charge is 0.356 e. The van der Waals surface area contributed by atoms with Crippen LogP contribution in [0.4, 0.5) is 5.69 Å². The number of anilines is 1. The van der Waals surface area contributed by atoms with Crippen LogP contribution in [0, 0.1) is 0 Å². The Morgan fingerprint density at radius 2 is 1.93 bits per heavy atom. The van der Waals surface area contributed by atoms with Crippen molar-refractivity contribution in [3.8, 4) is 0 Å². The highest BCUT2D eigenvalue weighted by atomic mass is 16.1. The number of hydrogen-bond acceptors (Lipinski definition) is 3. The summed E-state index contributed by atoms with van der Waals surface area (Å²) in [6.07, 6.45) is 1.56. The van der Waals surface area contributed by atoms with Gasteiger partial charge in [-0.2, -0.15) is 0 Å². The van der Waals surface area contributed by atoms with E-state index in [2.05, 4.69) is 59.6 Å². The molecule has 1 aromatic carbocycles. The molecule has 0 bridgehead atoms. The van der Waals surface area contributed by atoms with Gasteiger partial charge in [0.2, 0.25) is 5.91 Å². The predicted molar refractivity (Wildman–Crippen MR) is 113 cm³/mol. The minimum Gasteiger partial charge on any atom is -0.356 e. The molecule has 27 heavy (non-hydrogen) atoms. The first-order valence-electron chi connectivity index (χ1n) is 10.0. The van der Waals surface area contributed by atoms with Crippen molar-refractivity contribution in [2.75, 3.05) is 32.0 Å². The Bertz CT molecular complexity index is 633. The first-order chi connectivity index (χ1) is 12.9. The summed E-state index contributed by atoms with van der Waals surface area (Å²) in [5.41, 5.74) is 2.11. The van der Waals surface area contributed by atoms with E-state index in [1.807, 2.05) is 18.2 Å². The molecule has 1 aliphatic rings. The molecule has 2 rings (SSSR count). The number of guanidine groups is 1. The lowest BCUT2D eigenvalue weighted by Gasteiger charge is -2.30. The molecular formula is C21H35N5O. The minimum absolute atomic E-state index is 0.0749. The normalized spacial score (nSPS) is 17.3. The maximum absolute atomic E-state index is 11.9. The van der Waals surface area contributed by atoms with E-state index in [0.29, 0.717) is 25.0 Å². The molecule has 3 N–H and O–H groups in total. The molecule has 0 aliphatic carbocycles. The average molecular weight is 374 g/mol. The molecule has 6 nitrogen and oxygen atoms in total. The first-order valence-corrected chi connectivity index (χ1v) is 10.0. The summed E-state index contributed by atoms with van der Waals surface area (Å²) < 4.78 is 0. The molecule has 0 radical (unpaired) electrons. The molecule has 1 atom stereocenters. The molecule has 1 amide bonds. The van der Waals surface area contributed by atoms with Crippen molar-refractivity contribution in [2.24, 2.45) is 4.99 Å². The Morgan fingerprint density at radius 3 is 2.59 bits per heavy atom. The number of rotatable bonds is 8. The van der Waals surface area contributed by atoms with E-state index < -0.39 is 0 Å². The van der Waals surface area contributed by atoms with Crippen molar-refractivity contribution < 1.29 is 4.79 Å². The topological polar surface area (TPSA) is 68.8 Å². The molecule has 0 saturated heterocycles. The maximum Gasteiger partial charge on any atom is 0.225 e. The van der Waals surface area contributed by atoms with Gasteiger partial charge in [-0.15, -0.1) is 0 Å². The fourth-order valence-electron chi connectivity index (χ4n) is 3.71. The lowest BCUT2D eigenvalue weighted by atomic mass is 9.90. The quantitative estimate of drug-likeness (QED) is 0.372. The van der Waals surface area contributed by atoms with Crippen LogP contribution in [0.1, 0.15) is 52.0 Å². The number of para-hydroxylation sites is 1. The number of hydrogen-bond donors (Lipinski definition) is 3. The second-order valence-corrected chi connectivity index (χ2v) is 7.70. The van der Waals surface area contributed by atoms with Gasteiger partial charge < -0.3 is 16.0 Å². The number of aliphatic imine (C=N–C) groups is 1. The van der Waals surface area contributed by atoms with Crippen molar-refractivity contribution >= 4 is 17.6 Å². The fraction of sp³-hybridized carbons (Fsp3) is 0.619. The highest BCUT2D eigenvalue weighted by molar-refractivity contribution is 5.94. The molecule has 6 heteroatoms. The summed E-state index contributed by atoms with van der Waals surface area (Å²) in [6.45, 7) is 11.6. The molecule has 1 unspecified atom stereocenters. The van der Waals surface area contributed by atoms with Gasteiger partial charge in [0.15, 0.2) is 5.96 Å². The summed E-state index contributed by atoms with van der Waals surface area (Å²) in [5, 5.41) is 9.71. The highest BCUT2D eigenvalue weighted by Gasteiger charge is 2.24. The van der Waals surface area contributed by atoms with E-state index >= 15 is 0 Å². The summed E-state index contributed by atoms with van der Waals surface area (Å²) in [4.78, 5) is 18.8. The van der Waals surface area contributed by atoms with Crippen molar-refractivity contribution in [1.29, 1.82) is 0 Å². The average Bonchev–Trinajstić information content (AvgIpc) is 2.62. The SMILES string of the molecule is CN=C(NCCCN(C(C)C)C(C)C)NCC1CC(=O)Nc2ccccc21. The molecule has 1 aliphatic heterocycles. The summed E-state index contributed by atoms with van der Waals surface area (Å²) in [7, 11) is 1.78. The predicted octanol–water partition coefficient (Wildman–Crippen LogP) is 2.79. The third-order valence-corrected chi connectivity index (χ3v) is 5.06. The Kier molecular flexibility index (Phi) is 8.10. The van der Waals surface area contributed by atoms with E-state index in [4.69, 9.17) is 0 Å². The van der Waals surface area contributed by atoms with E-state index in [0.717, 1.165) is 31.2 Å². The number of nitrogens with zero attached hydrogens (tertiary/aromatic N) is 2. The van der Waals surface area contributed by atoms with Crippen LogP contribution in [0.3, 0.4) is 0 Å². The van der Waals surface area contributed by atoms with Gasteiger partial charge in [0, 0.05) is 56.8 Å². The van der Waals surface area contributed by atoms with Crippen LogP contribution in [0.15, 0.2) is 29.3 Å². The molecule has 0 fully saturated rings. The Labute approximate surface area is 163 Å². The van der Waals surface area contributed by atoms with Gasteiger partial charge in [-0.25, -0.2) is 0 Å². The van der Waals surface area contributed by atoms with Crippen LogP contribution >= 0.6 is 0 Å². The number of carbonyl (C=O) groups is 1. The molecule has 0 saturated carbocycles. The second-order valence-electron chi connectivity index (χ2n) is 7.70. The van der Waals surface area contributed by atoms with Gasteiger partial charge in [0.05, 0.1) is 0 Å².